The number of benzene rings is 2. The van der Waals surface area contributed by atoms with E-state index in [4.69, 9.17) is 16.3 Å². The fourth-order valence-corrected chi connectivity index (χ4v) is 3.67. The smallest absolute Gasteiger partial charge is 0.268 e. The number of aryl methyl sites for hydroxylation is 1. The maximum atomic E-state index is 12.9. The maximum absolute atomic E-state index is 12.9. The predicted octanol–water partition coefficient (Wildman–Crippen LogP) is 4.83. The van der Waals surface area contributed by atoms with Gasteiger partial charge in [-0.25, -0.2) is 0 Å². The summed E-state index contributed by atoms with van der Waals surface area (Å²) in [6.45, 7) is 0.401. The number of nitrogens with zero attached hydrogens (tertiary/aromatic N) is 2. The van der Waals surface area contributed by atoms with Gasteiger partial charge in [0.1, 0.15) is 11.4 Å². The number of amides is 1. The Morgan fingerprint density at radius 3 is 2.72 bits per heavy atom. The van der Waals surface area contributed by atoms with E-state index in [-0.39, 0.29) is 5.91 Å². The van der Waals surface area contributed by atoms with Crippen LogP contribution in [0.4, 0.5) is 0 Å². The molecular weight excluding hydrogens is 386 g/mol. The Kier molecular flexibility index (Phi) is 5.23. The van der Waals surface area contributed by atoms with E-state index in [1.165, 1.54) is 0 Å². The number of hydrogen-bond donors (Lipinski definition) is 1. The monoisotopic (exact) mass is 405 g/mol. The molecule has 5 nitrogen and oxygen atoms in total. The van der Waals surface area contributed by atoms with E-state index in [1.807, 2.05) is 66.2 Å². The van der Waals surface area contributed by atoms with Gasteiger partial charge in [-0.1, -0.05) is 41.9 Å². The molecule has 4 rings (SSSR count). The molecule has 0 radical (unpaired) electrons. The fourth-order valence-electron chi connectivity index (χ4n) is 3.46. The summed E-state index contributed by atoms with van der Waals surface area (Å²) in [5, 5.41) is 4.55. The van der Waals surface area contributed by atoms with Gasteiger partial charge in [0.05, 0.1) is 18.8 Å². The summed E-state index contributed by atoms with van der Waals surface area (Å²) in [6, 6.07) is 17.1. The van der Waals surface area contributed by atoms with Crippen molar-refractivity contribution in [2.24, 2.45) is 7.05 Å². The molecule has 4 aromatic rings. The number of hydrogen-bond acceptors (Lipinski definition) is 3. The third kappa shape index (κ3) is 3.69. The average Bonchev–Trinajstić information content (AvgIpc) is 3.09. The van der Waals surface area contributed by atoms with Crippen molar-refractivity contribution in [3.63, 3.8) is 0 Å². The molecule has 6 heteroatoms. The lowest BCUT2D eigenvalue weighted by atomic mass is 10.0. The van der Waals surface area contributed by atoms with E-state index in [0.29, 0.717) is 17.3 Å². The van der Waals surface area contributed by atoms with Gasteiger partial charge in [-0.15, -0.1) is 0 Å². The van der Waals surface area contributed by atoms with Gasteiger partial charge < -0.3 is 14.6 Å². The third-order valence-electron chi connectivity index (χ3n) is 4.94. The Labute approximate surface area is 173 Å². The molecule has 0 atom stereocenters. The van der Waals surface area contributed by atoms with E-state index in [9.17, 15) is 4.79 Å². The van der Waals surface area contributed by atoms with Crippen molar-refractivity contribution in [1.82, 2.24) is 14.9 Å². The normalized spacial score (nSPS) is 10.9. The number of para-hydroxylation sites is 1. The number of pyridine rings is 1. The number of methoxy groups -OCH3 is 1. The lowest BCUT2D eigenvalue weighted by Gasteiger charge is -2.09. The second-order valence-corrected chi connectivity index (χ2v) is 7.16. The number of aromatic nitrogens is 2. The largest absolute Gasteiger partial charge is 0.496 e. The molecule has 29 heavy (non-hydrogen) atoms. The molecule has 0 saturated heterocycles. The lowest BCUT2D eigenvalue weighted by molar-refractivity contribution is 0.0943. The first kappa shape index (κ1) is 19.0. The molecule has 1 amide bonds. The van der Waals surface area contributed by atoms with Crippen LogP contribution in [0, 0.1) is 0 Å². The molecule has 0 aliphatic rings. The van der Waals surface area contributed by atoms with Gasteiger partial charge in [0, 0.05) is 41.3 Å². The molecule has 1 N–H and O–H groups in total. The van der Waals surface area contributed by atoms with Crippen molar-refractivity contribution in [2.75, 3.05) is 7.11 Å². The van der Waals surface area contributed by atoms with Gasteiger partial charge in [-0.3, -0.25) is 9.78 Å². The van der Waals surface area contributed by atoms with Crippen LogP contribution >= 0.6 is 11.6 Å². The van der Waals surface area contributed by atoms with Crippen LogP contribution in [0.2, 0.25) is 5.02 Å². The molecule has 0 fully saturated rings. The molecule has 2 aromatic carbocycles. The molecule has 146 valence electrons. The minimum Gasteiger partial charge on any atom is -0.496 e. The molecule has 2 aromatic heterocycles. The van der Waals surface area contributed by atoms with Crippen LogP contribution in [0.3, 0.4) is 0 Å². The summed E-state index contributed by atoms with van der Waals surface area (Å²) in [7, 11) is 3.51. The number of carbonyl (C=O) groups excluding carboxylic acids is 1. The summed E-state index contributed by atoms with van der Waals surface area (Å²) < 4.78 is 7.36. The molecule has 0 aliphatic carbocycles. The topological polar surface area (TPSA) is 56.1 Å². The van der Waals surface area contributed by atoms with E-state index >= 15 is 0 Å². The number of fused-ring (bicyclic) bond motifs is 1. The molecule has 2 heterocycles. The van der Waals surface area contributed by atoms with Crippen molar-refractivity contribution < 1.29 is 9.53 Å². The predicted molar refractivity (Wildman–Crippen MR) is 115 cm³/mol. The second kappa shape index (κ2) is 7.97. The van der Waals surface area contributed by atoms with Crippen molar-refractivity contribution in [1.29, 1.82) is 0 Å². The zero-order valence-corrected chi connectivity index (χ0v) is 16.9. The Morgan fingerprint density at radius 1 is 1.10 bits per heavy atom. The number of ether oxygens (including phenoxy) is 1. The van der Waals surface area contributed by atoms with Crippen LogP contribution in [0.1, 0.15) is 16.1 Å². The second-order valence-electron chi connectivity index (χ2n) is 6.72. The number of rotatable bonds is 5. The number of carbonyl (C=O) groups is 1. The first-order valence-corrected chi connectivity index (χ1v) is 9.55. The van der Waals surface area contributed by atoms with Crippen LogP contribution in [-0.2, 0) is 13.6 Å². The van der Waals surface area contributed by atoms with Gasteiger partial charge >= 0.3 is 0 Å². The minimum absolute atomic E-state index is 0.158. The van der Waals surface area contributed by atoms with E-state index in [0.717, 1.165) is 33.3 Å². The molecule has 0 spiro atoms. The Morgan fingerprint density at radius 2 is 1.93 bits per heavy atom. The van der Waals surface area contributed by atoms with E-state index < -0.39 is 0 Å². The molecule has 0 bridgehead atoms. The van der Waals surface area contributed by atoms with Gasteiger partial charge in [0.25, 0.3) is 5.91 Å². The van der Waals surface area contributed by atoms with Gasteiger partial charge in [0.15, 0.2) is 0 Å². The minimum atomic E-state index is -0.158. The highest BCUT2D eigenvalue weighted by molar-refractivity contribution is 6.30. The molecule has 0 unspecified atom stereocenters. The quantitative estimate of drug-likeness (QED) is 0.517. The lowest BCUT2D eigenvalue weighted by Crippen LogP contribution is -2.24. The first-order chi connectivity index (χ1) is 14.1. The molecular formula is C23H20ClN3O2. The number of nitrogens with one attached hydrogen (secondary N) is 1. The van der Waals surface area contributed by atoms with Gasteiger partial charge in [0.2, 0.25) is 0 Å². The van der Waals surface area contributed by atoms with Gasteiger partial charge in [-0.05, 0) is 29.8 Å². The van der Waals surface area contributed by atoms with Crippen LogP contribution in [0.5, 0.6) is 5.75 Å². The Bertz CT molecular complexity index is 1200. The standard InChI is InChI=1S/C23H20ClN3O2/c1-27-20(23(28)26-12-15-6-5-7-16(24)10-15)11-18-19(13-25-14-21(18)27)17-8-3-4-9-22(17)29-2/h3-11,13-14H,12H2,1-2H3,(H,26,28). The van der Waals surface area contributed by atoms with Crippen molar-refractivity contribution in [3.05, 3.63) is 83.3 Å². The molecule has 0 aliphatic heterocycles. The fraction of sp³-hybridized carbons (Fsp3) is 0.130. The van der Waals surface area contributed by atoms with Crippen molar-refractivity contribution in [3.8, 4) is 16.9 Å². The van der Waals surface area contributed by atoms with Crippen LogP contribution in [0.25, 0.3) is 22.0 Å². The summed E-state index contributed by atoms with van der Waals surface area (Å²) in [5.41, 5.74) is 4.24. The highest BCUT2D eigenvalue weighted by Gasteiger charge is 2.17. The van der Waals surface area contributed by atoms with Crippen molar-refractivity contribution in [2.45, 2.75) is 6.54 Å². The average molecular weight is 406 g/mol. The summed E-state index contributed by atoms with van der Waals surface area (Å²) in [6.07, 6.45) is 3.57. The van der Waals surface area contributed by atoms with Crippen LogP contribution in [-0.4, -0.2) is 22.6 Å². The molecule has 0 saturated carbocycles. The summed E-state index contributed by atoms with van der Waals surface area (Å²) in [5.74, 6) is 0.604. The number of halogens is 1. The Hall–Kier alpha value is -3.31. The maximum Gasteiger partial charge on any atom is 0.268 e. The zero-order valence-electron chi connectivity index (χ0n) is 16.1. The van der Waals surface area contributed by atoms with Gasteiger partial charge in [-0.2, -0.15) is 0 Å². The van der Waals surface area contributed by atoms with Crippen molar-refractivity contribution >= 4 is 28.4 Å². The highest BCUT2D eigenvalue weighted by Crippen LogP contribution is 2.35. The zero-order chi connectivity index (χ0) is 20.4. The Balaban J connectivity index is 1.69. The van der Waals surface area contributed by atoms with E-state index in [2.05, 4.69) is 10.3 Å². The summed E-state index contributed by atoms with van der Waals surface area (Å²) >= 11 is 6.02. The first-order valence-electron chi connectivity index (χ1n) is 9.18. The third-order valence-corrected chi connectivity index (χ3v) is 5.18. The van der Waals surface area contributed by atoms with E-state index in [1.54, 1.807) is 19.5 Å². The van der Waals surface area contributed by atoms with Crippen LogP contribution in [0.15, 0.2) is 67.0 Å². The highest BCUT2D eigenvalue weighted by atomic mass is 35.5. The van der Waals surface area contributed by atoms with Crippen LogP contribution < -0.4 is 10.1 Å². The summed E-state index contributed by atoms with van der Waals surface area (Å²) in [4.78, 5) is 17.2. The SMILES string of the molecule is COc1ccccc1-c1cncc2c1cc(C(=O)NCc1cccc(Cl)c1)n2C.